The Labute approximate surface area is 48.2 Å². The summed E-state index contributed by atoms with van der Waals surface area (Å²) >= 11 is 0. The molecular formula is C4H5NO2S. The summed E-state index contributed by atoms with van der Waals surface area (Å²) < 4.78 is 20.5. The van der Waals surface area contributed by atoms with Gasteiger partial charge in [-0.25, -0.2) is 8.42 Å². The predicted molar refractivity (Wildman–Crippen MR) is 29.6 cm³/mol. The molecule has 0 aromatic rings. The molecule has 4 heteroatoms. The van der Waals surface area contributed by atoms with Crippen LogP contribution in [-0.4, -0.2) is 14.2 Å². The number of rotatable bonds is 2. The summed E-state index contributed by atoms with van der Waals surface area (Å²) in [5.41, 5.74) is 0. The highest BCUT2D eigenvalue weighted by molar-refractivity contribution is 7.94. The zero-order valence-corrected chi connectivity index (χ0v) is 4.98. The van der Waals surface area contributed by atoms with Gasteiger partial charge >= 0.3 is 0 Å². The fraction of sp³-hybridized carbons (Fsp3) is 0.250. The molecule has 0 N–H and O–H groups in total. The van der Waals surface area contributed by atoms with Crippen molar-refractivity contribution in [2.75, 3.05) is 5.75 Å². The van der Waals surface area contributed by atoms with E-state index in [-0.39, 0.29) is 0 Å². The monoisotopic (exact) mass is 131 g/mol. The lowest BCUT2D eigenvalue weighted by atomic mass is 10.9. The van der Waals surface area contributed by atoms with E-state index in [9.17, 15) is 8.42 Å². The van der Waals surface area contributed by atoms with Crippen LogP contribution in [0.2, 0.25) is 0 Å². The summed E-state index contributed by atoms with van der Waals surface area (Å²) in [6.07, 6.45) is 0. The Morgan fingerprint density at radius 1 is 1.75 bits per heavy atom. The van der Waals surface area contributed by atoms with E-state index >= 15 is 0 Å². The zero-order chi connectivity index (χ0) is 6.62. The second-order valence-electron chi connectivity index (χ2n) is 1.13. The van der Waals surface area contributed by atoms with E-state index in [0.29, 0.717) is 0 Å². The maximum Gasteiger partial charge on any atom is 0.184 e. The third kappa shape index (κ3) is 2.37. The van der Waals surface area contributed by atoms with E-state index < -0.39 is 15.6 Å². The summed E-state index contributed by atoms with van der Waals surface area (Å²) in [6.45, 7) is 3.01. The van der Waals surface area contributed by atoms with Crippen molar-refractivity contribution in [1.29, 1.82) is 5.26 Å². The SMILES string of the molecule is C=CS(=O)(=O)CC#N. The minimum absolute atomic E-state index is 0.476. The fourth-order valence-electron chi connectivity index (χ4n) is 0.149. The number of nitriles is 1. The van der Waals surface area contributed by atoms with Crippen LogP contribution in [0.1, 0.15) is 0 Å². The first kappa shape index (κ1) is 7.18. The van der Waals surface area contributed by atoms with Crippen molar-refractivity contribution in [2.45, 2.75) is 0 Å². The van der Waals surface area contributed by atoms with E-state index in [1.807, 2.05) is 0 Å². The smallest absolute Gasteiger partial charge is 0.184 e. The van der Waals surface area contributed by atoms with Crippen LogP contribution < -0.4 is 0 Å². The summed E-state index contributed by atoms with van der Waals surface area (Å²) in [7, 11) is -3.27. The van der Waals surface area contributed by atoms with Gasteiger partial charge in [-0.15, -0.1) is 0 Å². The highest BCUT2D eigenvalue weighted by Crippen LogP contribution is 1.86. The van der Waals surface area contributed by atoms with Crippen LogP contribution in [0.15, 0.2) is 12.0 Å². The first-order valence-corrected chi connectivity index (χ1v) is 3.56. The maximum atomic E-state index is 10.3. The van der Waals surface area contributed by atoms with Gasteiger partial charge in [-0.05, 0) is 0 Å². The molecule has 0 fully saturated rings. The molecule has 0 aromatic heterocycles. The van der Waals surface area contributed by atoms with Crippen molar-refractivity contribution in [3.05, 3.63) is 12.0 Å². The molecule has 0 amide bonds. The summed E-state index contributed by atoms with van der Waals surface area (Å²) in [5.74, 6) is -0.476. The van der Waals surface area contributed by atoms with Crippen LogP contribution in [0.5, 0.6) is 0 Å². The van der Waals surface area contributed by atoms with Gasteiger partial charge < -0.3 is 0 Å². The Hall–Kier alpha value is -0.820. The van der Waals surface area contributed by atoms with Crippen LogP contribution >= 0.6 is 0 Å². The normalized spacial score (nSPS) is 9.88. The highest BCUT2D eigenvalue weighted by Gasteiger charge is 2.00. The molecule has 0 spiro atoms. The summed E-state index contributed by atoms with van der Waals surface area (Å²) in [5, 5.41) is 8.63. The van der Waals surface area contributed by atoms with Gasteiger partial charge in [-0.3, -0.25) is 0 Å². The molecule has 0 aromatic carbocycles. The van der Waals surface area contributed by atoms with E-state index in [2.05, 4.69) is 6.58 Å². The largest absolute Gasteiger partial charge is 0.223 e. The highest BCUT2D eigenvalue weighted by atomic mass is 32.2. The predicted octanol–water partition coefficient (Wildman–Crippen LogP) is 0.0683. The summed E-state index contributed by atoms with van der Waals surface area (Å²) in [4.78, 5) is 0. The molecule has 0 bridgehead atoms. The quantitative estimate of drug-likeness (QED) is 0.532. The van der Waals surface area contributed by atoms with Crippen molar-refractivity contribution < 1.29 is 8.42 Å². The van der Waals surface area contributed by atoms with Crippen LogP contribution in [0.25, 0.3) is 0 Å². The molecule has 0 rings (SSSR count). The number of hydrogen-bond donors (Lipinski definition) is 0. The lowest BCUT2D eigenvalue weighted by molar-refractivity contribution is 0.608. The number of sulfone groups is 1. The average molecular weight is 131 g/mol. The Bertz CT molecular complexity index is 209. The molecular weight excluding hydrogens is 126 g/mol. The van der Waals surface area contributed by atoms with Crippen molar-refractivity contribution in [1.82, 2.24) is 0 Å². The molecule has 0 radical (unpaired) electrons. The van der Waals surface area contributed by atoms with Crippen molar-refractivity contribution in [2.24, 2.45) is 0 Å². The molecule has 0 unspecified atom stereocenters. The Balaban J connectivity index is 4.23. The standard InChI is InChI=1S/C4H5NO2S/c1-2-8(6,7)4-3-5/h2H,1,4H2. The maximum absolute atomic E-state index is 10.3. The number of nitrogens with zero attached hydrogens (tertiary/aromatic N) is 1. The van der Waals surface area contributed by atoms with Gasteiger partial charge in [0, 0.05) is 5.41 Å². The molecule has 0 aliphatic carbocycles. The third-order valence-corrected chi connectivity index (χ3v) is 1.56. The molecule has 0 heterocycles. The summed E-state index contributed by atoms with van der Waals surface area (Å²) in [6, 6.07) is 1.50. The van der Waals surface area contributed by atoms with Gasteiger partial charge in [0.05, 0.1) is 6.07 Å². The molecule has 44 valence electrons. The van der Waals surface area contributed by atoms with E-state index in [1.54, 1.807) is 0 Å². The van der Waals surface area contributed by atoms with E-state index in [0.717, 1.165) is 5.41 Å². The molecule has 0 aliphatic heterocycles. The fourth-order valence-corrected chi connectivity index (χ4v) is 0.447. The molecule has 3 nitrogen and oxygen atoms in total. The van der Waals surface area contributed by atoms with Gasteiger partial charge in [-0.1, -0.05) is 6.58 Å². The van der Waals surface area contributed by atoms with Crippen LogP contribution in [0.4, 0.5) is 0 Å². The van der Waals surface area contributed by atoms with Crippen LogP contribution in [0, 0.1) is 11.3 Å². The first-order valence-electron chi connectivity index (χ1n) is 1.84. The Morgan fingerprint density at radius 3 is 2.38 bits per heavy atom. The van der Waals surface area contributed by atoms with Gasteiger partial charge in [-0.2, -0.15) is 5.26 Å². The first-order chi connectivity index (χ1) is 3.62. The van der Waals surface area contributed by atoms with E-state index in [1.165, 1.54) is 6.07 Å². The minimum atomic E-state index is -3.27. The molecule has 0 aliphatic rings. The Morgan fingerprint density at radius 2 is 2.25 bits per heavy atom. The number of hydrogen-bond acceptors (Lipinski definition) is 3. The van der Waals surface area contributed by atoms with Crippen molar-refractivity contribution in [3.63, 3.8) is 0 Å². The average Bonchev–Trinajstić information content (AvgIpc) is 1.67. The zero-order valence-electron chi connectivity index (χ0n) is 4.16. The Kier molecular flexibility index (Phi) is 2.22. The third-order valence-electron chi connectivity index (χ3n) is 0.520. The van der Waals surface area contributed by atoms with Gasteiger partial charge in [0.15, 0.2) is 9.84 Å². The minimum Gasteiger partial charge on any atom is -0.223 e. The topological polar surface area (TPSA) is 57.9 Å². The second kappa shape index (κ2) is 2.48. The van der Waals surface area contributed by atoms with Crippen LogP contribution in [-0.2, 0) is 9.84 Å². The van der Waals surface area contributed by atoms with Gasteiger partial charge in [0.2, 0.25) is 0 Å². The van der Waals surface area contributed by atoms with Crippen LogP contribution in [0.3, 0.4) is 0 Å². The molecule has 0 atom stereocenters. The molecule has 0 saturated carbocycles. The second-order valence-corrected chi connectivity index (χ2v) is 3.08. The van der Waals surface area contributed by atoms with Gasteiger partial charge in [0.25, 0.3) is 0 Å². The van der Waals surface area contributed by atoms with Gasteiger partial charge in [0.1, 0.15) is 5.75 Å². The van der Waals surface area contributed by atoms with Crippen molar-refractivity contribution in [3.8, 4) is 6.07 Å². The molecule has 0 saturated heterocycles. The van der Waals surface area contributed by atoms with Crippen molar-refractivity contribution >= 4 is 9.84 Å². The lowest BCUT2D eigenvalue weighted by Gasteiger charge is -1.82. The lowest BCUT2D eigenvalue weighted by Crippen LogP contribution is -1.97. The molecule has 8 heavy (non-hydrogen) atoms. The van der Waals surface area contributed by atoms with E-state index in [4.69, 9.17) is 5.26 Å².